The van der Waals surface area contributed by atoms with Crippen LogP contribution in [0.25, 0.3) is 0 Å². The van der Waals surface area contributed by atoms with Crippen molar-refractivity contribution in [2.75, 3.05) is 6.54 Å². The van der Waals surface area contributed by atoms with Gasteiger partial charge in [-0.15, -0.1) is 0 Å². The van der Waals surface area contributed by atoms with Gasteiger partial charge in [0.1, 0.15) is 12.7 Å². The van der Waals surface area contributed by atoms with Crippen LogP contribution < -0.4 is 10.6 Å². The molecule has 0 aliphatic heterocycles. The second-order valence-corrected chi connectivity index (χ2v) is 7.07. The third-order valence-electron chi connectivity index (χ3n) is 4.97. The summed E-state index contributed by atoms with van der Waals surface area (Å²) in [6, 6.07) is 3.45. The van der Waals surface area contributed by atoms with Crippen LogP contribution in [0.3, 0.4) is 0 Å². The summed E-state index contributed by atoms with van der Waals surface area (Å²) in [6.45, 7) is 1.15. The number of hydrogen-bond donors (Lipinski definition) is 3. The first kappa shape index (κ1) is 19.9. The number of nitrogens with one attached hydrogen (secondary N) is 2. The van der Waals surface area contributed by atoms with E-state index in [-0.39, 0.29) is 23.8 Å². The van der Waals surface area contributed by atoms with E-state index in [1.54, 1.807) is 23.4 Å². The summed E-state index contributed by atoms with van der Waals surface area (Å²) in [5.41, 5.74) is 1.11. The van der Waals surface area contributed by atoms with Crippen molar-refractivity contribution in [3.63, 3.8) is 0 Å². The molecule has 1 aliphatic carbocycles. The Bertz CT molecular complexity index is 752. The largest absolute Gasteiger partial charge is 0.391 e. The fourth-order valence-electron chi connectivity index (χ4n) is 3.44. The second kappa shape index (κ2) is 9.93. The van der Waals surface area contributed by atoms with Crippen LogP contribution in [0.5, 0.6) is 0 Å². The first-order valence-corrected chi connectivity index (χ1v) is 9.58. The number of carbonyl (C=O) groups excluding carboxylic acids is 2. The highest BCUT2D eigenvalue weighted by Gasteiger charge is 2.37. The minimum Gasteiger partial charge on any atom is -0.391 e. The SMILES string of the molecule is O=C(CCCn1cncn1)N[C@@H]1C[C@H](C(=O)NCCc2ccncc2)C[C@H]1O. The van der Waals surface area contributed by atoms with Crippen LogP contribution in [0.4, 0.5) is 0 Å². The molecule has 2 aromatic heterocycles. The lowest BCUT2D eigenvalue weighted by Crippen LogP contribution is -2.40. The molecule has 0 saturated heterocycles. The fourth-order valence-corrected chi connectivity index (χ4v) is 3.44. The molecule has 0 bridgehead atoms. The summed E-state index contributed by atoms with van der Waals surface area (Å²) in [5, 5.41) is 20.0. The Labute approximate surface area is 163 Å². The molecular weight excluding hydrogens is 360 g/mol. The van der Waals surface area contributed by atoms with Crippen LogP contribution in [-0.4, -0.2) is 55.4 Å². The zero-order chi connectivity index (χ0) is 19.8. The van der Waals surface area contributed by atoms with Crippen molar-refractivity contribution in [3.05, 3.63) is 42.7 Å². The maximum Gasteiger partial charge on any atom is 0.223 e. The zero-order valence-corrected chi connectivity index (χ0v) is 15.7. The Balaban J connectivity index is 1.35. The first-order chi connectivity index (χ1) is 13.6. The molecule has 0 unspecified atom stereocenters. The normalized spacial score (nSPS) is 21.4. The molecule has 9 nitrogen and oxygen atoms in total. The average Bonchev–Trinajstić information content (AvgIpc) is 3.33. The molecule has 2 aromatic rings. The van der Waals surface area contributed by atoms with Gasteiger partial charge in [-0.05, 0) is 43.4 Å². The lowest BCUT2D eigenvalue weighted by atomic mass is 10.1. The summed E-state index contributed by atoms with van der Waals surface area (Å²) >= 11 is 0. The summed E-state index contributed by atoms with van der Waals surface area (Å²) in [5.74, 6) is -0.480. The molecule has 0 radical (unpaired) electrons. The van der Waals surface area contributed by atoms with Gasteiger partial charge in [0.25, 0.3) is 0 Å². The predicted octanol–water partition coefficient (Wildman–Crippen LogP) is 0.0679. The Morgan fingerprint density at radius 1 is 1.21 bits per heavy atom. The van der Waals surface area contributed by atoms with Gasteiger partial charge >= 0.3 is 0 Å². The van der Waals surface area contributed by atoms with E-state index in [9.17, 15) is 14.7 Å². The lowest BCUT2D eigenvalue weighted by Gasteiger charge is -2.16. The maximum absolute atomic E-state index is 12.4. The van der Waals surface area contributed by atoms with E-state index >= 15 is 0 Å². The van der Waals surface area contributed by atoms with Crippen LogP contribution >= 0.6 is 0 Å². The quantitative estimate of drug-likeness (QED) is 0.561. The van der Waals surface area contributed by atoms with Gasteiger partial charge < -0.3 is 15.7 Å². The molecule has 3 atom stereocenters. The first-order valence-electron chi connectivity index (χ1n) is 9.58. The molecule has 0 spiro atoms. The van der Waals surface area contributed by atoms with Crippen LogP contribution in [0.15, 0.2) is 37.2 Å². The Kier molecular flexibility index (Phi) is 7.07. The van der Waals surface area contributed by atoms with Crippen molar-refractivity contribution < 1.29 is 14.7 Å². The molecule has 9 heteroatoms. The highest BCUT2D eigenvalue weighted by Crippen LogP contribution is 2.26. The summed E-state index contributed by atoms with van der Waals surface area (Å²) in [6.07, 6.45) is 8.34. The van der Waals surface area contributed by atoms with Crippen molar-refractivity contribution >= 4 is 11.8 Å². The van der Waals surface area contributed by atoms with E-state index in [0.717, 1.165) is 12.0 Å². The molecule has 3 N–H and O–H groups in total. The Morgan fingerprint density at radius 2 is 2.04 bits per heavy atom. The summed E-state index contributed by atoms with van der Waals surface area (Å²) < 4.78 is 1.67. The van der Waals surface area contributed by atoms with Crippen LogP contribution in [0.2, 0.25) is 0 Å². The summed E-state index contributed by atoms with van der Waals surface area (Å²) in [4.78, 5) is 32.3. The highest BCUT2D eigenvalue weighted by molar-refractivity contribution is 5.80. The maximum atomic E-state index is 12.4. The van der Waals surface area contributed by atoms with Gasteiger partial charge in [-0.25, -0.2) is 4.98 Å². The topological polar surface area (TPSA) is 122 Å². The number of aryl methyl sites for hydroxylation is 1. The van der Waals surface area contributed by atoms with Gasteiger partial charge in [0, 0.05) is 37.8 Å². The highest BCUT2D eigenvalue weighted by atomic mass is 16.3. The van der Waals surface area contributed by atoms with E-state index in [0.29, 0.717) is 38.8 Å². The number of hydrogen-bond acceptors (Lipinski definition) is 6. The molecule has 1 fully saturated rings. The van der Waals surface area contributed by atoms with Gasteiger partial charge in [0.15, 0.2) is 0 Å². The van der Waals surface area contributed by atoms with Crippen molar-refractivity contribution in [3.8, 4) is 0 Å². The zero-order valence-electron chi connectivity index (χ0n) is 15.7. The van der Waals surface area contributed by atoms with Gasteiger partial charge in [-0.3, -0.25) is 19.3 Å². The minimum absolute atomic E-state index is 0.0731. The Hall–Kier alpha value is -2.81. The number of rotatable bonds is 9. The van der Waals surface area contributed by atoms with Gasteiger partial charge in [-0.2, -0.15) is 5.10 Å². The standard InChI is InChI=1S/C19H26N6O3/c26-17-11-15(19(28)22-8-5-14-3-6-20-7-4-14)10-16(17)24-18(27)2-1-9-25-13-21-12-23-25/h3-4,6-7,12-13,15-17,26H,1-2,5,8-11H2,(H,22,28)(H,24,27)/t15-,16+,17+/m0/s1. The third kappa shape index (κ3) is 5.85. The van der Waals surface area contributed by atoms with Crippen LogP contribution in [0, 0.1) is 5.92 Å². The van der Waals surface area contributed by atoms with Crippen LogP contribution in [0.1, 0.15) is 31.2 Å². The number of carbonyl (C=O) groups is 2. The molecule has 0 aromatic carbocycles. The number of aliphatic hydroxyl groups is 1. The third-order valence-corrected chi connectivity index (χ3v) is 4.97. The molecule has 2 heterocycles. The number of pyridine rings is 1. The Morgan fingerprint density at radius 3 is 2.79 bits per heavy atom. The molecular formula is C19H26N6O3. The van der Waals surface area contributed by atoms with E-state index in [4.69, 9.17) is 0 Å². The van der Waals surface area contributed by atoms with E-state index < -0.39 is 6.10 Å². The van der Waals surface area contributed by atoms with Crippen molar-refractivity contribution in [1.29, 1.82) is 0 Å². The van der Waals surface area contributed by atoms with E-state index in [2.05, 4.69) is 25.7 Å². The molecule has 1 saturated carbocycles. The molecule has 150 valence electrons. The lowest BCUT2D eigenvalue weighted by molar-refractivity contribution is -0.125. The monoisotopic (exact) mass is 386 g/mol. The molecule has 1 aliphatic rings. The molecule has 3 rings (SSSR count). The number of aliphatic hydroxyl groups excluding tert-OH is 1. The summed E-state index contributed by atoms with van der Waals surface area (Å²) in [7, 11) is 0. The minimum atomic E-state index is -0.699. The number of nitrogens with zero attached hydrogens (tertiary/aromatic N) is 4. The second-order valence-electron chi connectivity index (χ2n) is 7.07. The smallest absolute Gasteiger partial charge is 0.223 e. The van der Waals surface area contributed by atoms with Crippen molar-refractivity contribution in [2.24, 2.45) is 5.92 Å². The van der Waals surface area contributed by atoms with Crippen molar-refractivity contribution in [2.45, 2.75) is 50.8 Å². The van der Waals surface area contributed by atoms with Gasteiger partial charge in [0.05, 0.1) is 12.1 Å². The average molecular weight is 386 g/mol. The fraction of sp³-hybridized carbons (Fsp3) is 0.526. The number of amides is 2. The van der Waals surface area contributed by atoms with E-state index in [1.807, 2.05) is 12.1 Å². The molecule has 28 heavy (non-hydrogen) atoms. The molecule has 2 amide bonds. The predicted molar refractivity (Wildman–Crippen MR) is 101 cm³/mol. The van der Waals surface area contributed by atoms with Crippen molar-refractivity contribution in [1.82, 2.24) is 30.4 Å². The van der Waals surface area contributed by atoms with Crippen LogP contribution in [-0.2, 0) is 22.6 Å². The van der Waals surface area contributed by atoms with Gasteiger partial charge in [0.2, 0.25) is 11.8 Å². The van der Waals surface area contributed by atoms with Gasteiger partial charge in [-0.1, -0.05) is 0 Å². The van der Waals surface area contributed by atoms with E-state index in [1.165, 1.54) is 6.33 Å². The number of aromatic nitrogens is 4.